The van der Waals surface area contributed by atoms with Crippen molar-refractivity contribution in [3.63, 3.8) is 0 Å². The minimum atomic E-state index is -0.654. The Kier molecular flexibility index (Phi) is 75.1. The molecular formula is C26H56O6Ti. The van der Waals surface area contributed by atoms with Gasteiger partial charge in [-0.05, 0) is 12.3 Å². The molecule has 0 aliphatic carbocycles. The molecule has 7 heteroatoms. The summed E-state index contributed by atoms with van der Waals surface area (Å²) in [4.78, 5) is 10.3. The van der Waals surface area contributed by atoms with Gasteiger partial charge in [0.2, 0.25) is 0 Å². The number of carboxylic acids is 1. The van der Waals surface area contributed by atoms with Crippen molar-refractivity contribution in [2.75, 3.05) is 26.4 Å². The molecule has 200 valence electrons. The summed E-state index contributed by atoms with van der Waals surface area (Å²) in [7, 11) is 0. The summed E-state index contributed by atoms with van der Waals surface area (Å²) in [6.45, 7) is 10.9. The molecule has 6 nitrogen and oxygen atoms in total. The number of carboxylic acid groups (broad SMARTS) is 1. The van der Waals surface area contributed by atoms with Crippen molar-refractivity contribution in [2.45, 2.75) is 131 Å². The van der Waals surface area contributed by atoms with E-state index in [9.17, 15) is 4.79 Å². The normalized spacial score (nSPS) is 8.94. The second-order valence-electron chi connectivity index (χ2n) is 7.72. The summed E-state index contributed by atoms with van der Waals surface area (Å²) in [6.07, 6.45) is 17.3. The van der Waals surface area contributed by atoms with Crippen molar-refractivity contribution in [3.05, 3.63) is 0 Å². The Morgan fingerprint density at radius 1 is 0.576 bits per heavy atom. The predicted octanol–water partition coefficient (Wildman–Crippen LogP) is 3.65. The monoisotopic (exact) mass is 512 g/mol. The fourth-order valence-electron chi connectivity index (χ4n) is 2.60. The Bertz CT molecular complexity index is 272. The van der Waals surface area contributed by atoms with Crippen LogP contribution in [0.25, 0.3) is 0 Å². The van der Waals surface area contributed by atoms with E-state index in [0.29, 0.717) is 6.42 Å². The molecule has 0 saturated carbocycles. The third-order valence-corrected chi connectivity index (χ3v) is 3.92. The van der Waals surface area contributed by atoms with E-state index in [1.165, 1.54) is 70.6 Å². The standard InChI is InChI=1S/C18H36O2.4C2H5O.Ti/c1-17(2)15-13-11-9-7-5-3-4-6-8-10-12-14-16-18(19)20;4*1-2-3;/h17H,3-16H2,1-2H3,(H,19,20);4*2H2,1H3;/q;4*-1;+4. The predicted molar refractivity (Wildman–Crippen MR) is 129 cm³/mol. The van der Waals surface area contributed by atoms with E-state index >= 15 is 0 Å². The van der Waals surface area contributed by atoms with E-state index in [0.717, 1.165) is 18.8 Å². The molecule has 0 saturated heterocycles. The number of aliphatic carboxylic acids is 1. The van der Waals surface area contributed by atoms with Gasteiger partial charge in [-0.1, -0.05) is 119 Å². The fourth-order valence-corrected chi connectivity index (χ4v) is 2.60. The van der Waals surface area contributed by atoms with Crippen molar-refractivity contribution in [2.24, 2.45) is 5.92 Å². The molecule has 0 aliphatic heterocycles. The number of carbonyl (C=O) groups is 1. The molecule has 0 aromatic carbocycles. The van der Waals surface area contributed by atoms with Gasteiger partial charge in [0, 0.05) is 6.42 Å². The van der Waals surface area contributed by atoms with Gasteiger partial charge in [-0.25, -0.2) is 0 Å². The third-order valence-electron chi connectivity index (χ3n) is 3.92. The van der Waals surface area contributed by atoms with E-state index in [4.69, 9.17) is 25.5 Å². The van der Waals surface area contributed by atoms with Gasteiger partial charge in [-0.3, -0.25) is 4.79 Å². The molecule has 0 aromatic rings. The van der Waals surface area contributed by atoms with Gasteiger partial charge >= 0.3 is 27.7 Å². The average molecular weight is 513 g/mol. The van der Waals surface area contributed by atoms with Crippen molar-refractivity contribution >= 4 is 5.97 Å². The van der Waals surface area contributed by atoms with Crippen LogP contribution in [-0.2, 0) is 26.5 Å². The summed E-state index contributed by atoms with van der Waals surface area (Å²) in [5.41, 5.74) is 0. The number of rotatable bonds is 15. The van der Waals surface area contributed by atoms with Crippen LogP contribution in [-0.4, -0.2) is 37.5 Å². The molecule has 0 amide bonds. The van der Waals surface area contributed by atoms with Crippen LogP contribution < -0.4 is 20.4 Å². The molecule has 0 radical (unpaired) electrons. The largest absolute Gasteiger partial charge is 4.00 e. The molecule has 0 aliphatic rings. The quantitative estimate of drug-likeness (QED) is 0.263. The van der Waals surface area contributed by atoms with Crippen LogP contribution in [0.1, 0.15) is 131 Å². The number of hydrogen-bond donors (Lipinski definition) is 1. The van der Waals surface area contributed by atoms with E-state index in [-0.39, 0.29) is 48.1 Å². The van der Waals surface area contributed by atoms with Crippen LogP contribution in [0, 0.1) is 5.92 Å². The van der Waals surface area contributed by atoms with Gasteiger partial charge in [-0.15, -0.1) is 26.4 Å². The SMILES string of the molecule is CC(C)CCCCCCCCCCCCCCC(=O)O.CC[O-].CC[O-].CC[O-].CC[O-].[Ti+4]. The second-order valence-corrected chi connectivity index (χ2v) is 7.72. The summed E-state index contributed by atoms with van der Waals surface area (Å²) in [5.74, 6) is 0.212. The molecule has 0 bridgehead atoms. The van der Waals surface area contributed by atoms with Crippen molar-refractivity contribution in [1.29, 1.82) is 0 Å². The number of unbranched alkanes of at least 4 members (excludes halogenated alkanes) is 11. The zero-order valence-corrected chi connectivity index (χ0v) is 24.4. The van der Waals surface area contributed by atoms with Gasteiger partial charge in [0.15, 0.2) is 0 Å². The van der Waals surface area contributed by atoms with Crippen LogP contribution in [0.3, 0.4) is 0 Å². The maximum atomic E-state index is 10.3. The van der Waals surface area contributed by atoms with Crippen molar-refractivity contribution < 1.29 is 52.0 Å². The Morgan fingerprint density at radius 3 is 1.00 bits per heavy atom. The third kappa shape index (κ3) is 99.6. The Labute approximate surface area is 221 Å². The minimum Gasteiger partial charge on any atom is -0.855 e. The second kappa shape index (κ2) is 53.4. The molecule has 0 heterocycles. The summed E-state index contributed by atoms with van der Waals surface area (Å²) < 4.78 is 0. The first-order chi connectivity index (χ1) is 15.3. The van der Waals surface area contributed by atoms with Gasteiger partial charge < -0.3 is 25.5 Å². The number of hydrogen-bond acceptors (Lipinski definition) is 5. The van der Waals surface area contributed by atoms with E-state index in [1.807, 2.05) is 0 Å². The van der Waals surface area contributed by atoms with Crippen LogP contribution in [0.4, 0.5) is 0 Å². The molecule has 0 aromatic heterocycles. The van der Waals surface area contributed by atoms with Gasteiger partial charge in [0.05, 0.1) is 0 Å². The minimum absolute atomic E-state index is 0. The Hall–Kier alpha value is 0.0243. The first-order valence-electron chi connectivity index (χ1n) is 12.8. The Morgan fingerprint density at radius 2 is 0.788 bits per heavy atom. The van der Waals surface area contributed by atoms with Crippen molar-refractivity contribution in [1.82, 2.24) is 0 Å². The summed E-state index contributed by atoms with van der Waals surface area (Å²) in [5, 5.41) is 44.2. The first kappa shape index (κ1) is 46.4. The molecule has 0 atom stereocenters. The van der Waals surface area contributed by atoms with Crippen LogP contribution >= 0.6 is 0 Å². The smallest absolute Gasteiger partial charge is 0.855 e. The van der Waals surface area contributed by atoms with Crippen molar-refractivity contribution in [3.8, 4) is 0 Å². The van der Waals surface area contributed by atoms with Gasteiger partial charge in [0.25, 0.3) is 0 Å². The molecule has 0 rings (SSSR count). The van der Waals surface area contributed by atoms with Crippen LogP contribution in [0.2, 0.25) is 0 Å². The van der Waals surface area contributed by atoms with Gasteiger partial charge in [0.1, 0.15) is 0 Å². The fraction of sp³-hybridized carbons (Fsp3) is 0.962. The molecule has 0 unspecified atom stereocenters. The topological polar surface area (TPSA) is 130 Å². The molecular weight excluding hydrogens is 456 g/mol. The van der Waals surface area contributed by atoms with Crippen LogP contribution in [0.15, 0.2) is 0 Å². The molecule has 33 heavy (non-hydrogen) atoms. The van der Waals surface area contributed by atoms with Gasteiger partial charge in [-0.2, -0.15) is 0 Å². The summed E-state index contributed by atoms with van der Waals surface area (Å²) in [6, 6.07) is 0. The molecule has 0 fully saturated rings. The van der Waals surface area contributed by atoms with Crippen LogP contribution in [0.5, 0.6) is 0 Å². The summed E-state index contributed by atoms with van der Waals surface area (Å²) >= 11 is 0. The zero-order chi connectivity index (χ0) is 25.9. The molecule has 0 spiro atoms. The molecule has 1 N–H and O–H groups in total. The zero-order valence-electron chi connectivity index (χ0n) is 22.8. The maximum absolute atomic E-state index is 10.3. The van der Waals surface area contributed by atoms with E-state index in [1.54, 1.807) is 27.7 Å². The average Bonchev–Trinajstić information content (AvgIpc) is 2.70. The van der Waals surface area contributed by atoms with E-state index in [2.05, 4.69) is 13.8 Å². The maximum Gasteiger partial charge on any atom is 4.00 e. The van der Waals surface area contributed by atoms with E-state index < -0.39 is 5.97 Å². The first-order valence-corrected chi connectivity index (χ1v) is 12.8. The Balaban J connectivity index is -0.000000117.